The Bertz CT molecular complexity index is 286. The summed E-state index contributed by atoms with van der Waals surface area (Å²) in [6.07, 6.45) is 0. The molecule has 0 fully saturated rings. The molecular formula is C9H13NOS. The van der Waals surface area contributed by atoms with E-state index < -0.39 is 10.8 Å². The fourth-order valence-corrected chi connectivity index (χ4v) is 1.98. The lowest BCUT2D eigenvalue weighted by Gasteiger charge is -2.00. The molecule has 0 aliphatic carbocycles. The van der Waals surface area contributed by atoms with Crippen LogP contribution in [0.3, 0.4) is 0 Å². The Kier molecular flexibility index (Phi) is 3.44. The third kappa shape index (κ3) is 2.43. The predicted molar refractivity (Wildman–Crippen MR) is 51.5 cm³/mol. The van der Waals surface area contributed by atoms with Crippen LogP contribution in [0.25, 0.3) is 0 Å². The van der Waals surface area contributed by atoms with E-state index in [0.29, 0.717) is 12.3 Å². The third-order valence-corrected chi connectivity index (χ3v) is 2.94. The Morgan fingerprint density at radius 1 is 1.50 bits per heavy atom. The predicted octanol–water partition coefficient (Wildman–Crippen LogP) is 1.06. The Balaban J connectivity index is 2.81. The maximum Gasteiger partial charge on any atom is 0.0542 e. The topological polar surface area (TPSA) is 43.1 Å². The maximum absolute atomic E-state index is 11.4. The molecule has 0 aromatic heterocycles. The number of benzene rings is 1. The summed E-state index contributed by atoms with van der Waals surface area (Å²) >= 11 is 0. The molecule has 1 rings (SSSR count). The SMILES string of the molecule is Cc1cccc(S(=O)CCN)c1. The number of aryl methyl sites for hydroxylation is 1. The van der Waals surface area contributed by atoms with Crippen molar-refractivity contribution in [3.8, 4) is 0 Å². The highest BCUT2D eigenvalue weighted by Crippen LogP contribution is 2.08. The van der Waals surface area contributed by atoms with Gasteiger partial charge in [-0.25, -0.2) is 0 Å². The van der Waals surface area contributed by atoms with Crippen molar-refractivity contribution in [2.75, 3.05) is 12.3 Å². The minimum atomic E-state index is -0.919. The molecule has 66 valence electrons. The Morgan fingerprint density at radius 2 is 2.25 bits per heavy atom. The van der Waals surface area contributed by atoms with Gasteiger partial charge in [-0.1, -0.05) is 12.1 Å². The average molecular weight is 183 g/mol. The van der Waals surface area contributed by atoms with Gasteiger partial charge in [0, 0.05) is 17.2 Å². The van der Waals surface area contributed by atoms with Crippen molar-refractivity contribution < 1.29 is 4.21 Å². The van der Waals surface area contributed by atoms with Crippen LogP contribution in [-0.2, 0) is 10.8 Å². The molecule has 1 atom stereocenters. The smallest absolute Gasteiger partial charge is 0.0542 e. The number of nitrogens with two attached hydrogens (primary N) is 1. The van der Waals surface area contributed by atoms with Crippen LogP contribution in [0.4, 0.5) is 0 Å². The quantitative estimate of drug-likeness (QED) is 0.761. The van der Waals surface area contributed by atoms with E-state index in [2.05, 4.69) is 0 Å². The lowest BCUT2D eigenvalue weighted by molar-refractivity contribution is 0.682. The monoisotopic (exact) mass is 183 g/mol. The zero-order chi connectivity index (χ0) is 8.97. The minimum Gasteiger partial charge on any atom is -0.330 e. The molecular weight excluding hydrogens is 170 g/mol. The van der Waals surface area contributed by atoms with Crippen molar-refractivity contribution in [2.45, 2.75) is 11.8 Å². The molecule has 1 aromatic carbocycles. The van der Waals surface area contributed by atoms with Gasteiger partial charge >= 0.3 is 0 Å². The van der Waals surface area contributed by atoms with Crippen LogP contribution >= 0.6 is 0 Å². The highest BCUT2D eigenvalue weighted by molar-refractivity contribution is 7.85. The van der Waals surface area contributed by atoms with E-state index in [9.17, 15) is 4.21 Å². The molecule has 0 heterocycles. The summed E-state index contributed by atoms with van der Waals surface area (Å²) in [4.78, 5) is 0.875. The van der Waals surface area contributed by atoms with Crippen LogP contribution < -0.4 is 5.73 Å². The van der Waals surface area contributed by atoms with Crippen LogP contribution in [0.15, 0.2) is 29.2 Å². The van der Waals surface area contributed by atoms with E-state index in [1.54, 1.807) is 0 Å². The Morgan fingerprint density at radius 3 is 2.83 bits per heavy atom. The van der Waals surface area contributed by atoms with Gasteiger partial charge in [-0.05, 0) is 24.6 Å². The van der Waals surface area contributed by atoms with Crippen molar-refractivity contribution in [3.05, 3.63) is 29.8 Å². The fraction of sp³-hybridized carbons (Fsp3) is 0.333. The molecule has 2 nitrogen and oxygen atoms in total. The van der Waals surface area contributed by atoms with Gasteiger partial charge in [-0.3, -0.25) is 4.21 Å². The lowest BCUT2D eigenvalue weighted by Crippen LogP contribution is -2.10. The highest BCUT2D eigenvalue weighted by Gasteiger charge is 2.00. The van der Waals surface area contributed by atoms with E-state index >= 15 is 0 Å². The van der Waals surface area contributed by atoms with Crippen molar-refractivity contribution >= 4 is 10.8 Å². The van der Waals surface area contributed by atoms with E-state index in [-0.39, 0.29) is 0 Å². The van der Waals surface area contributed by atoms with Gasteiger partial charge in [0.05, 0.1) is 10.8 Å². The molecule has 3 heteroatoms. The van der Waals surface area contributed by atoms with Gasteiger partial charge in [0.25, 0.3) is 0 Å². The first-order chi connectivity index (χ1) is 5.74. The van der Waals surface area contributed by atoms with Crippen LogP contribution in [0.5, 0.6) is 0 Å². The van der Waals surface area contributed by atoms with Gasteiger partial charge in [-0.2, -0.15) is 0 Å². The highest BCUT2D eigenvalue weighted by atomic mass is 32.2. The van der Waals surface area contributed by atoms with E-state index in [1.165, 1.54) is 0 Å². The molecule has 0 amide bonds. The summed E-state index contributed by atoms with van der Waals surface area (Å²) in [7, 11) is -0.919. The van der Waals surface area contributed by atoms with E-state index in [4.69, 9.17) is 5.73 Å². The molecule has 0 aliphatic rings. The van der Waals surface area contributed by atoms with Crippen LogP contribution in [0.1, 0.15) is 5.56 Å². The van der Waals surface area contributed by atoms with Gasteiger partial charge < -0.3 is 5.73 Å². The van der Waals surface area contributed by atoms with Gasteiger partial charge in [0.1, 0.15) is 0 Å². The largest absolute Gasteiger partial charge is 0.330 e. The summed E-state index contributed by atoms with van der Waals surface area (Å²) in [5.41, 5.74) is 6.45. The molecule has 2 N–H and O–H groups in total. The second-order valence-corrected chi connectivity index (χ2v) is 4.23. The molecule has 0 radical (unpaired) electrons. The summed E-state index contributed by atoms with van der Waals surface area (Å²) < 4.78 is 11.4. The van der Waals surface area contributed by atoms with Crippen molar-refractivity contribution in [1.82, 2.24) is 0 Å². The third-order valence-electron chi connectivity index (χ3n) is 1.56. The molecule has 0 saturated carbocycles. The Labute approximate surface area is 75.2 Å². The zero-order valence-corrected chi connectivity index (χ0v) is 7.93. The second kappa shape index (κ2) is 4.38. The molecule has 1 unspecified atom stereocenters. The first-order valence-corrected chi connectivity index (χ1v) is 5.21. The molecule has 12 heavy (non-hydrogen) atoms. The summed E-state index contributed by atoms with van der Waals surface area (Å²) in [5.74, 6) is 0.545. The summed E-state index contributed by atoms with van der Waals surface area (Å²) in [5, 5.41) is 0. The summed E-state index contributed by atoms with van der Waals surface area (Å²) in [6, 6.07) is 7.72. The first-order valence-electron chi connectivity index (χ1n) is 3.89. The number of rotatable bonds is 3. The minimum absolute atomic E-state index is 0.473. The van der Waals surface area contributed by atoms with E-state index in [0.717, 1.165) is 10.5 Å². The van der Waals surface area contributed by atoms with Gasteiger partial charge in [-0.15, -0.1) is 0 Å². The standard InChI is InChI=1S/C9H13NOS/c1-8-3-2-4-9(7-8)12(11)6-5-10/h2-4,7H,5-6,10H2,1H3. The lowest BCUT2D eigenvalue weighted by atomic mass is 10.2. The molecule has 0 bridgehead atoms. The van der Waals surface area contributed by atoms with Crippen molar-refractivity contribution in [1.29, 1.82) is 0 Å². The maximum atomic E-state index is 11.4. The van der Waals surface area contributed by atoms with Gasteiger partial charge in [0.15, 0.2) is 0 Å². The average Bonchev–Trinajstić information content (AvgIpc) is 2.05. The second-order valence-electron chi connectivity index (χ2n) is 2.65. The normalized spacial score (nSPS) is 12.8. The molecule has 1 aromatic rings. The summed E-state index contributed by atoms with van der Waals surface area (Å²) in [6.45, 7) is 2.46. The fourth-order valence-electron chi connectivity index (χ4n) is 0.982. The molecule has 0 aliphatic heterocycles. The van der Waals surface area contributed by atoms with Crippen LogP contribution in [0.2, 0.25) is 0 Å². The van der Waals surface area contributed by atoms with Crippen LogP contribution in [0, 0.1) is 6.92 Å². The molecule has 0 spiro atoms. The van der Waals surface area contributed by atoms with Crippen molar-refractivity contribution in [3.63, 3.8) is 0 Å². The molecule has 0 saturated heterocycles. The van der Waals surface area contributed by atoms with Crippen molar-refractivity contribution in [2.24, 2.45) is 5.73 Å². The number of hydrogen-bond donors (Lipinski definition) is 1. The number of hydrogen-bond acceptors (Lipinski definition) is 2. The zero-order valence-electron chi connectivity index (χ0n) is 7.12. The Hall–Kier alpha value is -0.670. The van der Waals surface area contributed by atoms with Gasteiger partial charge in [0.2, 0.25) is 0 Å². The van der Waals surface area contributed by atoms with Crippen LogP contribution in [-0.4, -0.2) is 16.5 Å². The first kappa shape index (κ1) is 9.42. The van der Waals surface area contributed by atoms with E-state index in [1.807, 2.05) is 31.2 Å².